The van der Waals surface area contributed by atoms with Crippen molar-refractivity contribution < 1.29 is 24.2 Å². The normalized spacial score (nSPS) is 19.0. The van der Waals surface area contributed by atoms with Crippen LogP contribution in [0.15, 0.2) is 24.3 Å². The molecule has 2 rings (SSSR count). The molecule has 1 aliphatic heterocycles. The van der Waals surface area contributed by atoms with E-state index in [0.29, 0.717) is 17.9 Å². The SMILES string of the molecule is C[C@H](NC(=O)c1ccc(OCC2CCCO2)cc1)C(=O)O. The third-order valence-electron chi connectivity index (χ3n) is 3.29. The molecule has 1 saturated heterocycles. The van der Waals surface area contributed by atoms with Gasteiger partial charge in [-0.05, 0) is 44.0 Å². The van der Waals surface area contributed by atoms with E-state index in [1.807, 2.05) is 0 Å². The van der Waals surface area contributed by atoms with Crippen molar-refractivity contribution in [1.82, 2.24) is 5.32 Å². The van der Waals surface area contributed by atoms with Gasteiger partial charge in [-0.25, -0.2) is 0 Å². The molecule has 21 heavy (non-hydrogen) atoms. The predicted octanol–water partition coefficient (Wildman–Crippen LogP) is 1.45. The summed E-state index contributed by atoms with van der Waals surface area (Å²) in [6.07, 6.45) is 2.21. The largest absolute Gasteiger partial charge is 0.491 e. The average molecular weight is 293 g/mol. The Hall–Kier alpha value is -2.08. The van der Waals surface area contributed by atoms with Gasteiger partial charge in [-0.2, -0.15) is 0 Å². The number of hydrogen-bond acceptors (Lipinski definition) is 4. The predicted molar refractivity (Wildman–Crippen MR) is 75.5 cm³/mol. The van der Waals surface area contributed by atoms with Crippen LogP contribution in [0.25, 0.3) is 0 Å². The fourth-order valence-electron chi connectivity index (χ4n) is 2.01. The Morgan fingerprint density at radius 3 is 2.71 bits per heavy atom. The van der Waals surface area contributed by atoms with Crippen LogP contribution in [0, 0.1) is 0 Å². The molecule has 1 amide bonds. The average Bonchev–Trinajstić information content (AvgIpc) is 2.98. The van der Waals surface area contributed by atoms with E-state index in [9.17, 15) is 9.59 Å². The van der Waals surface area contributed by atoms with E-state index in [4.69, 9.17) is 14.6 Å². The van der Waals surface area contributed by atoms with Crippen LogP contribution in [0.3, 0.4) is 0 Å². The molecule has 114 valence electrons. The molecule has 0 radical (unpaired) electrons. The number of carbonyl (C=O) groups is 2. The van der Waals surface area contributed by atoms with Gasteiger partial charge in [0, 0.05) is 12.2 Å². The first kappa shape index (κ1) is 15.3. The van der Waals surface area contributed by atoms with E-state index in [0.717, 1.165) is 19.4 Å². The first-order valence-electron chi connectivity index (χ1n) is 6.94. The van der Waals surface area contributed by atoms with E-state index in [1.165, 1.54) is 6.92 Å². The summed E-state index contributed by atoms with van der Waals surface area (Å²) in [5, 5.41) is 11.1. The van der Waals surface area contributed by atoms with E-state index < -0.39 is 17.9 Å². The molecule has 6 heteroatoms. The van der Waals surface area contributed by atoms with Crippen molar-refractivity contribution >= 4 is 11.9 Å². The van der Waals surface area contributed by atoms with Gasteiger partial charge in [-0.1, -0.05) is 0 Å². The van der Waals surface area contributed by atoms with Gasteiger partial charge in [-0.15, -0.1) is 0 Å². The Kier molecular flexibility index (Phi) is 5.16. The van der Waals surface area contributed by atoms with Gasteiger partial charge >= 0.3 is 5.97 Å². The van der Waals surface area contributed by atoms with Crippen LogP contribution in [-0.2, 0) is 9.53 Å². The highest BCUT2D eigenvalue weighted by Crippen LogP contribution is 2.16. The fourth-order valence-corrected chi connectivity index (χ4v) is 2.01. The third kappa shape index (κ3) is 4.46. The zero-order chi connectivity index (χ0) is 15.2. The lowest BCUT2D eigenvalue weighted by Gasteiger charge is -2.12. The van der Waals surface area contributed by atoms with Crippen LogP contribution in [0.1, 0.15) is 30.1 Å². The molecular weight excluding hydrogens is 274 g/mol. The third-order valence-corrected chi connectivity index (χ3v) is 3.29. The molecule has 1 aromatic rings. The molecule has 6 nitrogen and oxygen atoms in total. The lowest BCUT2D eigenvalue weighted by molar-refractivity contribution is -0.138. The Labute approximate surface area is 123 Å². The monoisotopic (exact) mass is 293 g/mol. The smallest absolute Gasteiger partial charge is 0.325 e. The number of benzene rings is 1. The molecule has 1 heterocycles. The van der Waals surface area contributed by atoms with Crippen molar-refractivity contribution in [3.05, 3.63) is 29.8 Å². The molecule has 2 N–H and O–H groups in total. The van der Waals surface area contributed by atoms with Crippen molar-refractivity contribution in [3.8, 4) is 5.75 Å². The second-order valence-electron chi connectivity index (χ2n) is 5.00. The highest BCUT2D eigenvalue weighted by Gasteiger charge is 2.17. The van der Waals surface area contributed by atoms with E-state index >= 15 is 0 Å². The summed E-state index contributed by atoms with van der Waals surface area (Å²) >= 11 is 0. The summed E-state index contributed by atoms with van der Waals surface area (Å²) in [6.45, 7) is 2.70. The van der Waals surface area contributed by atoms with Gasteiger partial charge in [0.1, 0.15) is 18.4 Å². The second kappa shape index (κ2) is 7.08. The number of hydrogen-bond donors (Lipinski definition) is 2. The van der Waals surface area contributed by atoms with Crippen molar-refractivity contribution in [2.45, 2.75) is 31.9 Å². The first-order valence-corrected chi connectivity index (χ1v) is 6.94. The van der Waals surface area contributed by atoms with Gasteiger partial charge in [0.25, 0.3) is 5.91 Å². The minimum atomic E-state index is -1.07. The summed E-state index contributed by atoms with van der Waals surface area (Å²) in [5.41, 5.74) is 0.396. The minimum absolute atomic E-state index is 0.143. The molecule has 0 aliphatic carbocycles. The van der Waals surface area contributed by atoms with E-state index in [2.05, 4.69) is 5.32 Å². The molecule has 0 bridgehead atoms. The highest BCUT2D eigenvalue weighted by molar-refractivity contribution is 5.96. The number of carboxylic acid groups (broad SMARTS) is 1. The topological polar surface area (TPSA) is 84.9 Å². The van der Waals surface area contributed by atoms with E-state index in [1.54, 1.807) is 24.3 Å². The van der Waals surface area contributed by atoms with Crippen molar-refractivity contribution in [3.63, 3.8) is 0 Å². The maximum absolute atomic E-state index is 11.8. The van der Waals surface area contributed by atoms with Crippen LogP contribution >= 0.6 is 0 Å². The fraction of sp³-hybridized carbons (Fsp3) is 0.467. The van der Waals surface area contributed by atoms with Gasteiger partial charge < -0.3 is 19.9 Å². The van der Waals surface area contributed by atoms with Gasteiger partial charge in [0.2, 0.25) is 0 Å². The summed E-state index contributed by atoms with van der Waals surface area (Å²) in [4.78, 5) is 22.5. The van der Waals surface area contributed by atoms with Crippen molar-refractivity contribution in [2.75, 3.05) is 13.2 Å². The standard InChI is InChI=1S/C15H19NO5/c1-10(15(18)19)16-14(17)11-4-6-12(7-5-11)21-9-13-3-2-8-20-13/h4-7,10,13H,2-3,8-9H2,1H3,(H,16,17)(H,18,19)/t10-,13?/m0/s1. The summed E-state index contributed by atoms with van der Waals surface area (Å²) < 4.78 is 11.1. The zero-order valence-electron chi connectivity index (χ0n) is 11.9. The number of nitrogens with one attached hydrogen (secondary N) is 1. The molecule has 1 aliphatic rings. The molecule has 0 saturated carbocycles. The number of amides is 1. The number of carbonyl (C=O) groups excluding carboxylic acids is 1. The molecule has 0 aromatic heterocycles. The summed E-state index contributed by atoms with van der Waals surface area (Å²) in [7, 11) is 0. The summed E-state index contributed by atoms with van der Waals surface area (Å²) in [5.74, 6) is -0.830. The second-order valence-corrected chi connectivity index (χ2v) is 5.00. The maximum Gasteiger partial charge on any atom is 0.325 e. The number of rotatable bonds is 6. The van der Waals surface area contributed by atoms with Crippen LogP contribution in [-0.4, -0.2) is 42.3 Å². The van der Waals surface area contributed by atoms with Crippen molar-refractivity contribution in [1.29, 1.82) is 0 Å². The van der Waals surface area contributed by atoms with Crippen LogP contribution in [0.5, 0.6) is 5.75 Å². The molecule has 1 fully saturated rings. The first-order chi connectivity index (χ1) is 10.1. The van der Waals surface area contributed by atoms with E-state index in [-0.39, 0.29) is 6.10 Å². The van der Waals surface area contributed by atoms with Gasteiger partial charge in [-0.3, -0.25) is 9.59 Å². The molecule has 0 spiro atoms. The minimum Gasteiger partial charge on any atom is -0.491 e. The molecular formula is C15H19NO5. The van der Waals surface area contributed by atoms with Gasteiger partial charge in [0.05, 0.1) is 6.10 Å². The van der Waals surface area contributed by atoms with Crippen LogP contribution in [0.2, 0.25) is 0 Å². The van der Waals surface area contributed by atoms with Crippen molar-refractivity contribution in [2.24, 2.45) is 0 Å². The summed E-state index contributed by atoms with van der Waals surface area (Å²) in [6, 6.07) is 5.67. The molecule has 2 atom stereocenters. The zero-order valence-corrected chi connectivity index (χ0v) is 11.9. The Morgan fingerprint density at radius 2 is 2.14 bits per heavy atom. The Morgan fingerprint density at radius 1 is 1.43 bits per heavy atom. The number of ether oxygens (including phenoxy) is 2. The van der Waals surface area contributed by atoms with Crippen LogP contribution in [0.4, 0.5) is 0 Å². The maximum atomic E-state index is 11.8. The Bertz CT molecular complexity index is 493. The van der Waals surface area contributed by atoms with Gasteiger partial charge in [0.15, 0.2) is 0 Å². The number of aliphatic carboxylic acids is 1. The molecule has 1 unspecified atom stereocenters. The van der Waals surface area contributed by atoms with Crippen LogP contribution < -0.4 is 10.1 Å². The number of carboxylic acids is 1. The lowest BCUT2D eigenvalue weighted by atomic mass is 10.2. The Balaban J connectivity index is 1.85. The lowest BCUT2D eigenvalue weighted by Crippen LogP contribution is -2.38. The highest BCUT2D eigenvalue weighted by atomic mass is 16.5. The molecule has 1 aromatic carbocycles. The quantitative estimate of drug-likeness (QED) is 0.829.